The van der Waals surface area contributed by atoms with E-state index < -0.39 is 20.6 Å². The molecule has 0 atom stereocenters. The summed E-state index contributed by atoms with van der Waals surface area (Å²) in [6.07, 6.45) is 2.38. The summed E-state index contributed by atoms with van der Waals surface area (Å²) in [5.74, 6) is 0.0961. The Morgan fingerprint density at radius 3 is 2.62 bits per heavy atom. The Morgan fingerprint density at radius 1 is 1.14 bits per heavy atom. The summed E-state index contributed by atoms with van der Waals surface area (Å²) in [4.78, 5) is 22.6. The number of nitro groups is 1. The summed E-state index contributed by atoms with van der Waals surface area (Å²) in [7, 11) is -2.63. The van der Waals surface area contributed by atoms with Crippen LogP contribution >= 0.6 is 0 Å². The quantitative estimate of drug-likeness (QED) is 0.385. The highest BCUT2D eigenvalue weighted by atomic mass is 32.2. The molecule has 0 spiro atoms. The highest BCUT2D eigenvalue weighted by molar-refractivity contribution is 7.89. The summed E-state index contributed by atoms with van der Waals surface area (Å²) in [5.41, 5.74) is 1.12. The van der Waals surface area contributed by atoms with Crippen LogP contribution in [0.1, 0.15) is 17.5 Å². The fraction of sp³-hybridized carbons (Fsp3) is 0.211. The second kappa shape index (κ2) is 6.98. The second-order valence-corrected chi connectivity index (χ2v) is 8.44. The molecule has 9 nitrogen and oxygen atoms in total. The smallest absolute Gasteiger partial charge is 0.339 e. The number of hydrogen-bond donors (Lipinski definition) is 1. The number of benzene rings is 2. The van der Waals surface area contributed by atoms with E-state index in [1.807, 2.05) is 0 Å². The van der Waals surface area contributed by atoms with E-state index in [0.717, 1.165) is 29.9 Å². The Morgan fingerprint density at radius 2 is 1.90 bits per heavy atom. The zero-order valence-corrected chi connectivity index (χ0v) is 16.1. The molecule has 0 amide bonds. The van der Waals surface area contributed by atoms with Crippen LogP contribution in [0.2, 0.25) is 0 Å². The van der Waals surface area contributed by atoms with Crippen LogP contribution in [-0.2, 0) is 22.9 Å². The Hall–Kier alpha value is -3.24. The molecule has 0 unspecified atom stereocenters. The Balaban J connectivity index is 1.76. The van der Waals surface area contributed by atoms with Gasteiger partial charge in [0, 0.05) is 23.1 Å². The van der Waals surface area contributed by atoms with Crippen molar-refractivity contribution in [3.8, 4) is 11.5 Å². The van der Waals surface area contributed by atoms with Gasteiger partial charge in [-0.05, 0) is 56.1 Å². The molecule has 1 aromatic heterocycles. The van der Waals surface area contributed by atoms with E-state index in [1.165, 1.54) is 25.2 Å². The van der Waals surface area contributed by atoms with Crippen molar-refractivity contribution in [3.63, 3.8) is 0 Å². The van der Waals surface area contributed by atoms with E-state index in [9.17, 15) is 23.3 Å². The highest BCUT2D eigenvalue weighted by Crippen LogP contribution is 2.35. The minimum Gasteiger partial charge on any atom is -0.450 e. The Labute approximate surface area is 165 Å². The molecule has 2 aromatic carbocycles. The predicted molar refractivity (Wildman–Crippen MR) is 104 cm³/mol. The molecule has 1 aliphatic carbocycles. The van der Waals surface area contributed by atoms with Gasteiger partial charge in [-0.25, -0.2) is 17.9 Å². The number of fused-ring (bicyclic) bond motifs is 3. The van der Waals surface area contributed by atoms with Crippen LogP contribution in [0.25, 0.3) is 11.0 Å². The van der Waals surface area contributed by atoms with Crippen LogP contribution in [-0.4, -0.2) is 20.4 Å². The van der Waals surface area contributed by atoms with Crippen LogP contribution in [0.4, 0.5) is 5.69 Å². The van der Waals surface area contributed by atoms with Gasteiger partial charge in [0.15, 0.2) is 0 Å². The van der Waals surface area contributed by atoms with Gasteiger partial charge in [-0.15, -0.1) is 0 Å². The maximum Gasteiger partial charge on any atom is 0.339 e. The molecule has 150 valence electrons. The molecule has 0 saturated carbocycles. The van der Waals surface area contributed by atoms with E-state index in [1.54, 1.807) is 12.1 Å². The van der Waals surface area contributed by atoms with Crippen LogP contribution in [0.3, 0.4) is 0 Å². The Bertz CT molecular complexity index is 1310. The lowest BCUT2D eigenvalue weighted by atomic mass is 10.1. The second-order valence-electron chi connectivity index (χ2n) is 6.55. The molecule has 1 aliphatic rings. The normalized spacial score (nSPS) is 13.4. The lowest BCUT2D eigenvalue weighted by Gasteiger charge is -2.10. The first-order valence-corrected chi connectivity index (χ1v) is 10.3. The molecule has 4 rings (SSSR count). The number of nitro benzene ring substituents is 1. The molecule has 10 heteroatoms. The zero-order chi connectivity index (χ0) is 20.8. The van der Waals surface area contributed by atoms with Crippen LogP contribution in [0.15, 0.2) is 50.5 Å². The van der Waals surface area contributed by atoms with E-state index in [-0.39, 0.29) is 22.0 Å². The molecule has 1 heterocycles. The van der Waals surface area contributed by atoms with Gasteiger partial charge in [0.05, 0.1) is 9.82 Å². The monoisotopic (exact) mass is 416 g/mol. The molecule has 3 aromatic rings. The number of nitrogens with one attached hydrogen (secondary N) is 1. The number of ether oxygens (including phenoxy) is 1. The van der Waals surface area contributed by atoms with Gasteiger partial charge in [0.1, 0.15) is 11.3 Å². The number of aryl methyl sites for hydroxylation is 1. The van der Waals surface area contributed by atoms with Gasteiger partial charge in [-0.2, -0.15) is 0 Å². The molecule has 0 fully saturated rings. The lowest BCUT2D eigenvalue weighted by Crippen LogP contribution is -2.18. The third kappa shape index (κ3) is 3.36. The van der Waals surface area contributed by atoms with Gasteiger partial charge < -0.3 is 9.15 Å². The molecule has 0 aliphatic heterocycles. The summed E-state index contributed by atoms with van der Waals surface area (Å²) < 4.78 is 36.9. The van der Waals surface area contributed by atoms with Gasteiger partial charge in [-0.1, -0.05) is 0 Å². The van der Waals surface area contributed by atoms with E-state index in [4.69, 9.17) is 9.15 Å². The third-order valence-corrected chi connectivity index (χ3v) is 6.29. The van der Waals surface area contributed by atoms with Crippen LogP contribution in [0.5, 0.6) is 11.5 Å². The molecule has 29 heavy (non-hydrogen) atoms. The fourth-order valence-electron chi connectivity index (χ4n) is 3.47. The topological polar surface area (TPSA) is 129 Å². The zero-order valence-electron chi connectivity index (χ0n) is 15.3. The van der Waals surface area contributed by atoms with Crippen molar-refractivity contribution in [3.05, 3.63) is 68.1 Å². The maximum absolute atomic E-state index is 12.1. The van der Waals surface area contributed by atoms with Crippen molar-refractivity contribution in [1.29, 1.82) is 0 Å². The molecule has 0 bridgehead atoms. The molecule has 1 N–H and O–H groups in total. The lowest BCUT2D eigenvalue weighted by molar-refractivity contribution is -0.385. The van der Waals surface area contributed by atoms with Gasteiger partial charge >= 0.3 is 11.3 Å². The van der Waals surface area contributed by atoms with Gasteiger partial charge in [0.2, 0.25) is 15.8 Å². The largest absolute Gasteiger partial charge is 0.450 e. The summed E-state index contributed by atoms with van der Waals surface area (Å²) in [6, 6.07) is 8.23. The SMILES string of the molecule is CNS(=O)(=O)c1ccc(Oc2ccc3c4c(c(=O)oc3c2)CCC4)c([N+](=O)[O-])c1. The average molecular weight is 416 g/mol. The summed E-state index contributed by atoms with van der Waals surface area (Å²) in [6.45, 7) is 0. The van der Waals surface area contributed by atoms with Crippen molar-refractivity contribution in [2.24, 2.45) is 0 Å². The maximum atomic E-state index is 12.1. The summed E-state index contributed by atoms with van der Waals surface area (Å²) >= 11 is 0. The van der Waals surface area contributed by atoms with Gasteiger partial charge in [0.25, 0.3) is 0 Å². The number of rotatable bonds is 5. The van der Waals surface area contributed by atoms with Crippen molar-refractivity contribution in [2.75, 3.05) is 7.05 Å². The molecular formula is C19H16N2O7S. The molecule has 0 saturated heterocycles. The molecule has 0 radical (unpaired) electrons. The molecular weight excluding hydrogens is 400 g/mol. The van der Waals surface area contributed by atoms with Gasteiger partial charge in [-0.3, -0.25) is 10.1 Å². The minimum absolute atomic E-state index is 0.132. The third-order valence-electron chi connectivity index (χ3n) is 4.88. The predicted octanol–water partition coefficient (Wildman–Crippen LogP) is 2.89. The van der Waals surface area contributed by atoms with Crippen molar-refractivity contribution >= 4 is 26.7 Å². The van der Waals surface area contributed by atoms with Crippen molar-refractivity contribution in [1.82, 2.24) is 4.72 Å². The van der Waals surface area contributed by atoms with E-state index in [0.29, 0.717) is 17.6 Å². The number of nitrogens with zero attached hydrogens (tertiary/aromatic N) is 1. The van der Waals surface area contributed by atoms with Crippen molar-refractivity contribution < 1.29 is 22.5 Å². The fourth-order valence-corrected chi connectivity index (χ4v) is 4.22. The number of hydrogen-bond acceptors (Lipinski definition) is 7. The standard InChI is InChI=1S/C19H16N2O7S/c1-20-29(25,26)12-6-8-17(16(10-12)21(23)24)27-11-5-7-14-13-3-2-4-15(13)19(22)28-18(14)9-11/h5-10,20H,2-4H2,1H3. The Kier molecular flexibility index (Phi) is 4.59. The average Bonchev–Trinajstić information content (AvgIpc) is 3.18. The van der Waals surface area contributed by atoms with E-state index in [2.05, 4.69) is 4.72 Å². The first-order valence-electron chi connectivity index (χ1n) is 8.78. The van der Waals surface area contributed by atoms with E-state index >= 15 is 0 Å². The first kappa shape index (κ1) is 19.1. The number of sulfonamides is 1. The van der Waals surface area contributed by atoms with Crippen LogP contribution < -0.4 is 15.1 Å². The summed E-state index contributed by atoms with van der Waals surface area (Å²) in [5, 5.41) is 12.2. The minimum atomic E-state index is -3.84. The highest BCUT2D eigenvalue weighted by Gasteiger charge is 2.23. The van der Waals surface area contributed by atoms with Crippen molar-refractivity contribution in [2.45, 2.75) is 24.2 Å². The van der Waals surface area contributed by atoms with Crippen LogP contribution in [0, 0.1) is 10.1 Å². The first-order chi connectivity index (χ1) is 13.8.